The Bertz CT molecular complexity index is 1090. The van der Waals surface area contributed by atoms with E-state index in [1.807, 2.05) is 50.2 Å². The van der Waals surface area contributed by atoms with Crippen LogP contribution >= 0.6 is 23.4 Å². The fourth-order valence-corrected chi connectivity index (χ4v) is 3.80. The van der Waals surface area contributed by atoms with E-state index < -0.39 is 0 Å². The third-order valence-electron chi connectivity index (χ3n) is 4.57. The molecule has 7 heteroatoms. The van der Waals surface area contributed by atoms with E-state index in [0.29, 0.717) is 27.7 Å². The molecule has 5 nitrogen and oxygen atoms in total. The van der Waals surface area contributed by atoms with E-state index in [9.17, 15) is 9.59 Å². The number of carbonyl (C=O) groups is 2. The fourth-order valence-electron chi connectivity index (χ4n) is 2.76. The summed E-state index contributed by atoms with van der Waals surface area (Å²) in [5.41, 5.74) is 2.81. The van der Waals surface area contributed by atoms with Gasteiger partial charge >= 0.3 is 0 Å². The average Bonchev–Trinajstić information content (AvgIpc) is 2.77. The van der Waals surface area contributed by atoms with E-state index >= 15 is 0 Å². The maximum Gasteiger partial charge on any atom is 0.255 e. The predicted molar refractivity (Wildman–Crippen MR) is 128 cm³/mol. The zero-order chi connectivity index (χ0) is 22.4. The first-order valence-electron chi connectivity index (χ1n) is 9.65. The van der Waals surface area contributed by atoms with Gasteiger partial charge in [-0.3, -0.25) is 9.59 Å². The lowest BCUT2D eigenvalue weighted by Gasteiger charge is -2.13. The van der Waals surface area contributed by atoms with Crippen LogP contribution < -0.4 is 15.4 Å². The molecule has 0 bridgehead atoms. The molecule has 0 aromatic heterocycles. The van der Waals surface area contributed by atoms with E-state index in [-0.39, 0.29) is 17.1 Å². The summed E-state index contributed by atoms with van der Waals surface area (Å²) in [6, 6.07) is 19.8. The summed E-state index contributed by atoms with van der Waals surface area (Å²) in [6.07, 6.45) is 0. The van der Waals surface area contributed by atoms with Crippen LogP contribution in [0.5, 0.6) is 5.75 Å². The van der Waals surface area contributed by atoms with E-state index in [1.54, 1.807) is 37.4 Å². The lowest BCUT2D eigenvalue weighted by atomic mass is 10.2. The lowest BCUT2D eigenvalue weighted by molar-refractivity contribution is -0.115. The molecule has 2 N–H and O–H groups in total. The Morgan fingerprint density at radius 3 is 2.35 bits per heavy atom. The van der Waals surface area contributed by atoms with Crippen LogP contribution in [0.3, 0.4) is 0 Å². The van der Waals surface area contributed by atoms with Crippen molar-refractivity contribution in [1.29, 1.82) is 0 Å². The second-order valence-corrected chi connectivity index (χ2v) is 8.75. The molecule has 2 amide bonds. The highest BCUT2D eigenvalue weighted by molar-refractivity contribution is 8.00. The number of benzene rings is 3. The molecule has 160 valence electrons. The highest BCUT2D eigenvalue weighted by Gasteiger charge is 2.15. The molecular formula is C24H23ClN2O3S. The highest BCUT2D eigenvalue weighted by atomic mass is 35.5. The Labute approximate surface area is 191 Å². The van der Waals surface area contributed by atoms with E-state index in [1.165, 1.54) is 11.8 Å². The molecule has 0 spiro atoms. The summed E-state index contributed by atoms with van der Waals surface area (Å²) in [4.78, 5) is 25.8. The van der Waals surface area contributed by atoms with Crippen molar-refractivity contribution in [3.63, 3.8) is 0 Å². The second kappa shape index (κ2) is 10.4. The van der Waals surface area contributed by atoms with Gasteiger partial charge < -0.3 is 15.4 Å². The Kier molecular flexibility index (Phi) is 7.60. The number of hydrogen-bond donors (Lipinski definition) is 2. The van der Waals surface area contributed by atoms with Crippen LogP contribution in [-0.4, -0.2) is 24.2 Å². The van der Waals surface area contributed by atoms with Crippen molar-refractivity contribution in [2.45, 2.75) is 24.0 Å². The van der Waals surface area contributed by atoms with Crippen molar-refractivity contribution < 1.29 is 14.3 Å². The SMILES string of the molecule is COc1cccc(C(=O)Nc2ccc(SC(C)C(=O)Nc3ccc(C)c(Cl)c3)cc2)c1. The van der Waals surface area contributed by atoms with Gasteiger partial charge in [-0.25, -0.2) is 0 Å². The first-order valence-corrected chi connectivity index (χ1v) is 10.9. The Morgan fingerprint density at radius 1 is 0.968 bits per heavy atom. The van der Waals surface area contributed by atoms with E-state index in [2.05, 4.69) is 10.6 Å². The zero-order valence-corrected chi connectivity index (χ0v) is 19.0. The van der Waals surface area contributed by atoms with Gasteiger partial charge in [0, 0.05) is 26.9 Å². The van der Waals surface area contributed by atoms with Crippen molar-refractivity contribution in [3.8, 4) is 5.75 Å². The highest BCUT2D eigenvalue weighted by Crippen LogP contribution is 2.27. The standard InChI is InChI=1S/C24H23ClN2O3S/c1-15-7-8-19(14-22(15)25)27-23(28)16(2)31-21-11-9-18(10-12-21)26-24(29)17-5-4-6-20(13-17)30-3/h4-14,16H,1-3H3,(H,26,29)(H,27,28). The zero-order valence-electron chi connectivity index (χ0n) is 17.4. The summed E-state index contributed by atoms with van der Waals surface area (Å²) >= 11 is 7.55. The van der Waals surface area contributed by atoms with Crippen LogP contribution in [0, 0.1) is 6.92 Å². The van der Waals surface area contributed by atoms with Gasteiger partial charge in [0.15, 0.2) is 0 Å². The minimum Gasteiger partial charge on any atom is -0.497 e. The first kappa shape index (κ1) is 22.7. The third kappa shape index (κ3) is 6.26. The summed E-state index contributed by atoms with van der Waals surface area (Å²) in [5, 5.41) is 6.05. The number of carbonyl (C=O) groups excluding carboxylic acids is 2. The lowest BCUT2D eigenvalue weighted by Crippen LogP contribution is -2.22. The number of nitrogens with one attached hydrogen (secondary N) is 2. The molecule has 0 radical (unpaired) electrons. The van der Waals surface area contributed by atoms with E-state index in [4.69, 9.17) is 16.3 Å². The van der Waals surface area contributed by atoms with Gasteiger partial charge in [0.1, 0.15) is 5.75 Å². The maximum atomic E-state index is 12.5. The Balaban J connectivity index is 1.57. The number of amides is 2. The molecule has 0 saturated heterocycles. The van der Waals surface area contributed by atoms with Gasteiger partial charge in [0.05, 0.1) is 12.4 Å². The van der Waals surface area contributed by atoms with Crippen molar-refractivity contribution in [3.05, 3.63) is 82.9 Å². The first-order chi connectivity index (χ1) is 14.9. The third-order valence-corrected chi connectivity index (χ3v) is 6.08. The second-order valence-electron chi connectivity index (χ2n) is 6.92. The van der Waals surface area contributed by atoms with Crippen molar-refractivity contribution in [2.24, 2.45) is 0 Å². The maximum absolute atomic E-state index is 12.5. The topological polar surface area (TPSA) is 67.4 Å². The summed E-state index contributed by atoms with van der Waals surface area (Å²) in [7, 11) is 1.56. The fraction of sp³-hybridized carbons (Fsp3) is 0.167. The number of halogens is 1. The van der Waals surface area contributed by atoms with Crippen LogP contribution in [0.4, 0.5) is 11.4 Å². The number of ether oxygens (including phenoxy) is 1. The van der Waals surface area contributed by atoms with Gasteiger partial charge in [-0.05, 0) is 74.0 Å². The molecule has 3 aromatic carbocycles. The number of aryl methyl sites for hydroxylation is 1. The summed E-state index contributed by atoms with van der Waals surface area (Å²) < 4.78 is 5.15. The van der Waals surface area contributed by atoms with Crippen molar-refractivity contribution in [1.82, 2.24) is 0 Å². The van der Waals surface area contributed by atoms with Crippen LogP contribution in [0.2, 0.25) is 5.02 Å². The minimum atomic E-state index is -0.308. The van der Waals surface area contributed by atoms with Crippen LogP contribution in [0.25, 0.3) is 0 Å². The smallest absolute Gasteiger partial charge is 0.255 e. The number of thioether (sulfide) groups is 1. The molecule has 0 aliphatic heterocycles. The van der Waals surface area contributed by atoms with E-state index in [0.717, 1.165) is 10.5 Å². The molecule has 1 atom stereocenters. The molecule has 3 aromatic rings. The number of rotatable bonds is 7. The molecule has 31 heavy (non-hydrogen) atoms. The molecule has 3 rings (SSSR count). The van der Waals surface area contributed by atoms with Gasteiger partial charge in [0.25, 0.3) is 5.91 Å². The number of anilines is 2. The summed E-state index contributed by atoms with van der Waals surface area (Å²) in [6.45, 7) is 3.75. The molecule has 0 aliphatic rings. The molecule has 0 aliphatic carbocycles. The molecule has 0 fully saturated rings. The molecule has 0 saturated carbocycles. The number of hydrogen-bond acceptors (Lipinski definition) is 4. The monoisotopic (exact) mass is 454 g/mol. The average molecular weight is 455 g/mol. The van der Waals surface area contributed by atoms with Gasteiger partial charge in [-0.1, -0.05) is 23.7 Å². The quantitative estimate of drug-likeness (QED) is 0.428. The normalized spacial score (nSPS) is 11.5. The van der Waals surface area contributed by atoms with Crippen LogP contribution in [0.1, 0.15) is 22.8 Å². The number of methoxy groups -OCH3 is 1. The van der Waals surface area contributed by atoms with Gasteiger partial charge in [-0.15, -0.1) is 11.8 Å². The Hall–Kier alpha value is -2.96. The Morgan fingerprint density at radius 2 is 1.68 bits per heavy atom. The molecule has 0 heterocycles. The van der Waals surface area contributed by atoms with Crippen LogP contribution in [-0.2, 0) is 4.79 Å². The van der Waals surface area contributed by atoms with Crippen molar-refractivity contribution in [2.75, 3.05) is 17.7 Å². The molecule has 1 unspecified atom stereocenters. The van der Waals surface area contributed by atoms with Crippen molar-refractivity contribution >= 4 is 46.6 Å². The van der Waals surface area contributed by atoms with Gasteiger partial charge in [-0.2, -0.15) is 0 Å². The minimum absolute atomic E-state index is 0.111. The molecular weight excluding hydrogens is 432 g/mol. The van der Waals surface area contributed by atoms with Gasteiger partial charge in [0.2, 0.25) is 5.91 Å². The predicted octanol–water partition coefficient (Wildman–Crippen LogP) is 6.03. The van der Waals surface area contributed by atoms with Crippen LogP contribution in [0.15, 0.2) is 71.6 Å². The summed E-state index contributed by atoms with van der Waals surface area (Å²) in [5.74, 6) is 0.295. The largest absolute Gasteiger partial charge is 0.497 e.